The first-order valence-electron chi connectivity index (χ1n) is 14.0. The lowest BCUT2D eigenvalue weighted by molar-refractivity contribution is -0.0585. The van der Waals surface area contributed by atoms with Crippen molar-refractivity contribution in [3.63, 3.8) is 0 Å². The van der Waals surface area contributed by atoms with Gasteiger partial charge in [0.2, 0.25) is 0 Å². The van der Waals surface area contributed by atoms with Gasteiger partial charge in [-0.25, -0.2) is 0 Å². The molecule has 1 nitrogen and oxygen atoms in total. The van der Waals surface area contributed by atoms with E-state index < -0.39 is 0 Å². The minimum Gasteiger partial charge on any atom is -0.393 e. The number of aliphatic hydroxyl groups is 1. The van der Waals surface area contributed by atoms with Crippen LogP contribution in [0, 0.1) is 51.8 Å². The van der Waals surface area contributed by atoms with Crippen LogP contribution in [0.2, 0.25) is 0 Å². The van der Waals surface area contributed by atoms with Crippen LogP contribution in [0.3, 0.4) is 0 Å². The normalized spacial score (nSPS) is 48.3. The van der Waals surface area contributed by atoms with Crippen molar-refractivity contribution in [3.05, 3.63) is 11.6 Å². The fourth-order valence-corrected chi connectivity index (χ4v) is 10.0. The molecule has 4 fully saturated rings. The Balaban J connectivity index is 1.29. The first-order chi connectivity index (χ1) is 14.6. The maximum absolute atomic E-state index is 10.3. The Hall–Kier alpha value is -0.300. The van der Waals surface area contributed by atoms with Crippen molar-refractivity contribution in [3.8, 4) is 0 Å². The number of fused-ring (bicyclic) bond motifs is 5. The van der Waals surface area contributed by atoms with Gasteiger partial charge in [0.05, 0.1) is 6.10 Å². The van der Waals surface area contributed by atoms with Crippen molar-refractivity contribution in [2.24, 2.45) is 51.8 Å². The Morgan fingerprint density at radius 2 is 1.65 bits per heavy atom. The first-order valence-corrected chi connectivity index (χ1v) is 14.0. The lowest BCUT2D eigenvalue weighted by atomic mass is 9.47. The van der Waals surface area contributed by atoms with E-state index in [2.05, 4.69) is 40.7 Å². The van der Waals surface area contributed by atoms with E-state index in [1.807, 2.05) is 0 Å². The summed E-state index contributed by atoms with van der Waals surface area (Å²) in [5.41, 5.74) is 3.20. The second-order valence-electron chi connectivity index (χ2n) is 14.2. The average molecular weight is 427 g/mol. The van der Waals surface area contributed by atoms with E-state index in [4.69, 9.17) is 0 Å². The van der Waals surface area contributed by atoms with Crippen LogP contribution in [0.25, 0.3) is 0 Å². The number of hydrogen-bond donors (Lipinski definition) is 1. The molecule has 5 aliphatic rings. The van der Waals surface area contributed by atoms with Gasteiger partial charge < -0.3 is 5.11 Å². The van der Waals surface area contributed by atoms with Gasteiger partial charge in [-0.05, 0) is 135 Å². The minimum absolute atomic E-state index is 0.0770. The minimum atomic E-state index is -0.0770. The number of rotatable bonds is 3. The molecule has 0 amide bonds. The summed E-state index contributed by atoms with van der Waals surface area (Å²) in [7, 11) is 0. The molecular formula is C30H50O. The molecule has 0 aromatic rings. The van der Waals surface area contributed by atoms with Gasteiger partial charge in [0.1, 0.15) is 0 Å². The van der Waals surface area contributed by atoms with E-state index in [1.54, 1.807) is 5.57 Å². The summed E-state index contributed by atoms with van der Waals surface area (Å²) in [6.45, 7) is 12.9. The molecule has 0 aromatic carbocycles. The summed E-state index contributed by atoms with van der Waals surface area (Å²) in [5.74, 6) is 5.61. The molecule has 0 spiro atoms. The lowest BCUT2D eigenvalue weighted by Gasteiger charge is -2.58. The zero-order valence-corrected chi connectivity index (χ0v) is 21.3. The number of hydrogen-bond acceptors (Lipinski definition) is 1. The molecule has 5 rings (SSSR count). The smallest absolute Gasteiger partial charge is 0.0577 e. The van der Waals surface area contributed by atoms with Crippen molar-refractivity contribution in [2.75, 3.05) is 0 Å². The van der Waals surface area contributed by atoms with E-state index in [0.717, 1.165) is 48.3 Å². The highest BCUT2D eigenvalue weighted by molar-refractivity contribution is 5.25. The van der Waals surface area contributed by atoms with Crippen LogP contribution in [0.4, 0.5) is 0 Å². The van der Waals surface area contributed by atoms with Crippen molar-refractivity contribution in [1.29, 1.82) is 0 Å². The van der Waals surface area contributed by atoms with Gasteiger partial charge in [-0.1, -0.05) is 46.3 Å². The summed E-state index contributed by atoms with van der Waals surface area (Å²) >= 11 is 0. The maximum atomic E-state index is 10.3. The van der Waals surface area contributed by atoms with Crippen molar-refractivity contribution >= 4 is 0 Å². The molecule has 0 heterocycles. The van der Waals surface area contributed by atoms with Crippen molar-refractivity contribution in [1.82, 2.24) is 0 Å². The largest absolute Gasteiger partial charge is 0.393 e. The molecule has 0 saturated heterocycles. The van der Waals surface area contributed by atoms with Gasteiger partial charge in [0.25, 0.3) is 0 Å². The zero-order chi connectivity index (χ0) is 22.0. The summed E-state index contributed by atoms with van der Waals surface area (Å²) in [6.07, 6.45) is 20.3. The molecule has 1 N–H and O–H groups in total. The molecule has 0 radical (unpaired) electrons. The molecule has 0 aliphatic heterocycles. The Morgan fingerprint density at radius 1 is 0.903 bits per heavy atom. The van der Waals surface area contributed by atoms with Crippen LogP contribution in [-0.2, 0) is 0 Å². The third-order valence-corrected chi connectivity index (χ3v) is 12.0. The summed E-state index contributed by atoms with van der Waals surface area (Å²) in [4.78, 5) is 0. The topological polar surface area (TPSA) is 20.2 Å². The molecule has 0 aromatic heterocycles. The summed E-state index contributed by atoms with van der Waals surface area (Å²) < 4.78 is 0. The van der Waals surface area contributed by atoms with E-state index >= 15 is 0 Å². The molecule has 1 heteroatoms. The highest BCUT2D eigenvalue weighted by Crippen LogP contribution is 2.67. The predicted molar refractivity (Wildman–Crippen MR) is 131 cm³/mol. The molecule has 31 heavy (non-hydrogen) atoms. The van der Waals surface area contributed by atoms with Gasteiger partial charge in [-0.3, -0.25) is 0 Å². The second-order valence-corrected chi connectivity index (χ2v) is 14.2. The van der Waals surface area contributed by atoms with Crippen LogP contribution < -0.4 is 0 Å². The lowest BCUT2D eigenvalue weighted by Crippen LogP contribution is -2.50. The monoisotopic (exact) mass is 426 g/mol. The molecule has 5 aliphatic carbocycles. The van der Waals surface area contributed by atoms with Gasteiger partial charge in [-0.2, -0.15) is 0 Å². The van der Waals surface area contributed by atoms with E-state index in [-0.39, 0.29) is 6.10 Å². The van der Waals surface area contributed by atoms with Crippen molar-refractivity contribution in [2.45, 2.75) is 124 Å². The Labute approximate surface area is 192 Å². The average Bonchev–Trinajstić information content (AvgIpc) is 3.07. The Morgan fingerprint density at radius 3 is 2.39 bits per heavy atom. The highest BCUT2D eigenvalue weighted by atomic mass is 16.3. The molecular weight excluding hydrogens is 376 g/mol. The third kappa shape index (κ3) is 3.77. The third-order valence-electron chi connectivity index (χ3n) is 12.0. The van der Waals surface area contributed by atoms with E-state index in [0.29, 0.717) is 16.2 Å². The number of aliphatic hydroxyl groups excluding tert-OH is 1. The molecule has 0 bridgehead atoms. The van der Waals surface area contributed by atoms with Crippen molar-refractivity contribution < 1.29 is 5.11 Å². The van der Waals surface area contributed by atoms with E-state index in [9.17, 15) is 5.11 Å². The van der Waals surface area contributed by atoms with E-state index in [1.165, 1.54) is 70.6 Å². The summed E-state index contributed by atoms with van der Waals surface area (Å²) in [6, 6.07) is 0. The molecule has 0 unspecified atom stereocenters. The quantitative estimate of drug-likeness (QED) is 0.451. The van der Waals surface area contributed by atoms with Gasteiger partial charge in [0, 0.05) is 0 Å². The van der Waals surface area contributed by atoms with Crippen LogP contribution in [0.15, 0.2) is 11.6 Å². The van der Waals surface area contributed by atoms with Crippen LogP contribution in [0.5, 0.6) is 0 Å². The van der Waals surface area contributed by atoms with Crippen LogP contribution in [0.1, 0.15) is 118 Å². The Bertz CT molecular complexity index is 695. The molecule has 176 valence electrons. The van der Waals surface area contributed by atoms with Crippen LogP contribution in [-0.4, -0.2) is 11.2 Å². The predicted octanol–water partition coefficient (Wildman–Crippen LogP) is 8.17. The Kier molecular flexibility index (Phi) is 5.72. The SMILES string of the molecule is C[C@H](CC1CCC(C)(C)CC1)[C@H]1CC[C@H]2[C@@H]3CC=C4C[C@@H](O)CC[C@]4(C)[C@H]3CC[C@]12C. The highest BCUT2D eigenvalue weighted by Gasteiger charge is 2.59. The van der Waals surface area contributed by atoms with Crippen LogP contribution >= 0.6 is 0 Å². The van der Waals surface area contributed by atoms with Gasteiger partial charge in [-0.15, -0.1) is 0 Å². The first kappa shape index (κ1) is 22.5. The number of allylic oxidation sites excluding steroid dienone is 1. The van der Waals surface area contributed by atoms with Gasteiger partial charge in [0.15, 0.2) is 0 Å². The summed E-state index contributed by atoms with van der Waals surface area (Å²) in [5, 5.41) is 10.3. The molecule has 8 atom stereocenters. The fourth-order valence-electron chi connectivity index (χ4n) is 10.0. The fraction of sp³-hybridized carbons (Fsp3) is 0.933. The van der Waals surface area contributed by atoms with Gasteiger partial charge >= 0.3 is 0 Å². The maximum Gasteiger partial charge on any atom is 0.0577 e. The standard InChI is InChI=1S/C30H50O/c1-20(18-21-10-14-28(2,3)15-11-21)25-8-9-26-24-7-6-22-19-23(31)12-16-29(22,4)27(24)13-17-30(25,26)5/h6,20-21,23-27,31H,7-19H2,1-5H3/t20-,23+,24+,25-,26+,27+,29+,30-/m1/s1. The molecule has 4 saturated carbocycles. The zero-order valence-electron chi connectivity index (χ0n) is 21.3. The second kappa shape index (κ2) is 7.89.